The minimum absolute atomic E-state index is 0.104. The molecule has 0 bridgehead atoms. The van der Waals surface area contributed by atoms with Crippen molar-refractivity contribution in [3.63, 3.8) is 0 Å². The summed E-state index contributed by atoms with van der Waals surface area (Å²) in [6.45, 7) is -0.655. The average molecular weight is 425 g/mol. The summed E-state index contributed by atoms with van der Waals surface area (Å²) in [6.07, 6.45) is -4.80. The van der Waals surface area contributed by atoms with Crippen LogP contribution in [0.5, 0.6) is 5.75 Å². The van der Waals surface area contributed by atoms with Gasteiger partial charge in [-0.3, -0.25) is 4.31 Å². The maximum Gasteiger partial charge on any atom is 0.573 e. The molecule has 0 aromatic heterocycles. The van der Waals surface area contributed by atoms with Crippen molar-refractivity contribution >= 4 is 26.5 Å². The van der Waals surface area contributed by atoms with Gasteiger partial charge >= 0.3 is 6.36 Å². The minimum Gasteiger partial charge on any atom is -0.406 e. The van der Waals surface area contributed by atoms with E-state index in [0.29, 0.717) is 11.3 Å². The Hall–Kier alpha value is -2.78. The molecule has 1 N–H and O–H groups in total. The van der Waals surface area contributed by atoms with Gasteiger partial charge in [-0.1, -0.05) is 42.5 Å². The number of alkyl halides is 3. The first-order valence-corrected chi connectivity index (χ1v) is 10.2. The lowest BCUT2D eigenvalue weighted by Gasteiger charge is -2.25. The third-order valence-electron chi connectivity index (χ3n) is 4.19. The molecule has 5 nitrogen and oxygen atoms in total. The van der Waals surface area contributed by atoms with E-state index in [0.717, 1.165) is 27.2 Å². The number of sulfonamides is 1. The molecule has 0 aliphatic carbocycles. The number of anilines is 1. The maximum absolute atomic E-state index is 12.7. The molecule has 0 heterocycles. The molecule has 9 heteroatoms. The summed E-state index contributed by atoms with van der Waals surface area (Å²) in [6, 6.07) is 17.6. The van der Waals surface area contributed by atoms with E-state index in [9.17, 15) is 21.6 Å². The second-order valence-corrected chi connectivity index (χ2v) is 8.28. The van der Waals surface area contributed by atoms with Gasteiger partial charge in [-0.25, -0.2) is 8.42 Å². The van der Waals surface area contributed by atoms with Crippen LogP contribution in [0.3, 0.4) is 0 Å². The lowest BCUT2D eigenvalue weighted by Crippen LogP contribution is -2.33. The van der Waals surface area contributed by atoms with E-state index < -0.39 is 34.5 Å². The fourth-order valence-electron chi connectivity index (χ4n) is 2.87. The molecule has 0 atom stereocenters. The monoisotopic (exact) mass is 425 g/mol. The van der Waals surface area contributed by atoms with Crippen LogP contribution in [0.2, 0.25) is 0 Å². The Morgan fingerprint density at radius 1 is 0.931 bits per heavy atom. The van der Waals surface area contributed by atoms with Crippen molar-refractivity contribution in [2.75, 3.05) is 16.7 Å². The van der Waals surface area contributed by atoms with Gasteiger partial charge in [0.2, 0.25) is 10.0 Å². The number of aliphatic hydroxyl groups is 1. The Balaban J connectivity index is 1.93. The van der Waals surface area contributed by atoms with Gasteiger partial charge in [0, 0.05) is 0 Å². The highest BCUT2D eigenvalue weighted by Gasteiger charge is 2.31. The molecule has 3 aromatic rings. The number of fused-ring (bicyclic) bond motifs is 1. The van der Waals surface area contributed by atoms with Crippen LogP contribution >= 0.6 is 0 Å². The summed E-state index contributed by atoms with van der Waals surface area (Å²) < 4.78 is 67.3. The molecule has 0 amide bonds. The molecule has 0 fully saturated rings. The van der Waals surface area contributed by atoms with Crippen molar-refractivity contribution in [1.29, 1.82) is 0 Å². The van der Waals surface area contributed by atoms with Crippen LogP contribution in [0.1, 0.15) is 5.56 Å². The van der Waals surface area contributed by atoms with Crippen LogP contribution in [0.15, 0.2) is 66.7 Å². The van der Waals surface area contributed by atoms with E-state index >= 15 is 0 Å². The second kappa shape index (κ2) is 8.30. The van der Waals surface area contributed by atoms with Crippen molar-refractivity contribution in [2.45, 2.75) is 12.9 Å². The van der Waals surface area contributed by atoms with E-state index in [2.05, 4.69) is 4.74 Å². The van der Waals surface area contributed by atoms with Crippen molar-refractivity contribution in [3.05, 3.63) is 72.3 Å². The molecule has 0 spiro atoms. The first-order valence-electron chi connectivity index (χ1n) is 8.63. The van der Waals surface area contributed by atoms with Gasteiger partial charge in [-0.2, -0.15) is 0 Å². The molecule has 0 unspecified atom stereocenters. The number of nitrogens with zero attached hydrogens (tertiary/aromatic N) is 1. The van der Waals surface area contributed by atoms with E-state index in [-0.39, 0.29) is 6.54 Å². The van der Waals surface area contributed by atoms with E-state index in [1.54, 1.807) is 18.2 Å². The van der Waals surface area contributed by atoms with Gasteiger partial charge < -0.3 is 9.84 Å². The quantitative estimate of drug-likeness (QED) is 0.620. The Kier molecular flexibility index (Phi) is 5.99. The number of ether oxygens (including phenoxy) is 1. The van der Waals surface area contributed by atoms with Crippen LogP contribution in [-0.4, -0.2) is 32.2 Å². The predicted octanol–water partition coefficient (Wildman–Crippen LogP) is 4.07. The highest BCUT2D eigenvalue weighted by Crippen LogP contribution is 2.28. The number of halogens is 3. The Labute approximate surface area is 166 Å². The van der Waals surface area contributed by atoms with E-state index in [4.69, 9.17) is 5.11 Å². The van der Waals surface area contributed by atoms with Crippen LogP contribution < -0.4 is 9.04 Å². The zero-order valence-electron chi connectivity index (χ0n) is 15.1. The number of aliphatic hydroxyl groups excluding tert-OH is 1. The largest absolute Gasteiger partial charge is 0.573 e. The summed E-state index contributed by atoms with van der Waals surface area (Å²) in [5.41, 5.74) is 0.863. The lowest BCUT2D eigenvalue weighted by molar-refractivity contribution is -0.274. The van der Waals surface area contributed by atoms with Crippen LogP contribution in [0, 0.1) is 0 Å². The molecular weight excluding hydrogens is 407 g/mol. The predicted molar refractivity (Wildman–Crippen MR) is 104 cm³/mol. The van der Waals surface area contributed by atoms with Gasteiger partial charge in [0.15, 0.2) is 0 Å². The fourth-order valence-corrected chi connectivity index (χ4v) is 4.10. The first kappa shape index (κ1) is 20.9. The van der Waals surface area contributed by atoms with Crippen LogP contribution in [-0.2, 0) is 16.6 Å². The molecule has 0 aliphatic rings. The Morgan fingerprint density at radius 3 is 2.21 bits per heavy atom. The lowest BCUT2D eigenvalue weighted by atomic mass is 10.1. The van der Waals surface area contributed by atoms with E-state index in [1.165, 1.54) is 12.1 Å². The summed E-state index contributed by atoms with van der Waals surface area (Å²) in [5.74, 6) is -0.869. The summed E-state index contributed by atoms with van der Waals surface area (Å²) in [7, 11) is -3.86. The maximum atomic E-state index is 12.7. The van der Waals surface area contributed by atoms with E-state index in [1.807, 2.05) is 24.3 Å². The van der Waals surface area contributed by atoms with Crippen molar-refractivity contribution in [1.82, 2.24) is 0 Å². The molecule has 0 saturated heterocycles. The molecule has 29 heavy (non-hydrogen) atoms. The zero-order valence-corrected chi connectivity index (χ0v) is 15.9. The molecule has 3 aromatic carbocycles. The normalized spacial score (nSPS) is 12.1. The molecule has 3 rings (SSSR count). The Bertz CT molecular complexity index is 1080. The molecule has 0 saturated carbocycles. The smallest absolute Gasteiger partial charge is 0.406 e. The van der Waals surface area contributed by atoms with Gasteiger partial charge in [0.1, 0.15) is 5.75 Å². The first-order chi connectivity index (χ1) is 13.7. The van der Waals surface area contributed by atoms with Gasteiger partial charge in [0.05, 0.1) is 24.6 Å². The molecule has 0 radical (unpaired) electrons. The van der Waals surface area contributed by atoms with Crippen LogP contribution in [0.4, 0.5) is 18.9 Å². The van der Waals surface area contributed by atoms with Crippen molar-refractivity contribution in [2.24, 2.45) is 0 Å². The molecule has 0 aliphatic heterocycles. The molecular formula is C20H18F3NO4S. The summed E-state index contributed by atoms with van der Waals surface area (Å²) >= 11 is 0. The van der Waals surface area contributed by atoms with Crippen molar-refractivity contribution in [3.8, 4) is 5.75 Å². The zero-order chi connectivity index (χ0) is 21.1. The van der Waals surface area contributed by atoms with Gasteiger partial charge in [0.25, 0.3) is 0 Å². The number of hydrogen-bond donors (Lipinski definition) is 1. The molecule has 154 valence electrons. The highest BCUT2D eigenvalue weighted by atomic mass is 32.2. The third kappa shape index (κ3) is 5.39. The topological polar surface area (TPSA) is 66.8 Å². The Morgan fingerprint density at radius 2 is 1.59 bits per heavy atom. The van der Waals surface area contributed by atoms with Gasteiger partial charge in [-0.15, -0.1) is 13.2 Å². The standard InChI is InChI=1S/C20H18F3NO4S/c21-20(22,23)28-19-9-5-15(6-10-19)14-24(29(26,27)12-11-25)18-8-7-16-3-1-2-4-17(16)13-18/h1-10,13,25H,11-12,14H2. The fraction of sp³-hybridized carbons (Fsp3) is 0.200. The minimum atomic E-state index is -4.80. The number of hydrogen-bond acceptors (Lipinski definition) is 4. The van der Waals surface area contributed by atoms with Gasteiger partial charge in [-0.05, 0) is 40.6 Å². The SMILES string of the molecule is O=S(=O)(CCO)N(Cc1ccc(OC(F)(F)F)cc1)c1ccc2ccccc2c1. The average Bonchev–Trinajstić information content (AvgIpc) is 2.65. The van der Waals surface area contributed by atoms with Crippen LogP contribution in [0.25, 0.3) is 10.8 Å². The van der Waals surface area contributed by atoms with Crippen molar-refractivity contribution < 1.29 is 31.4 Å². The number of rotatable bonds is 7. The third-order valence-corrected chi connectivity index (χ3v) is 5.90. The second-order valence-electron chi connectivity index (χ2n) is 6.27. The highest BCUT2D eigenvalue weighted by molar-refractivity contribution is 7.92. The summed E-state index contributed by atoms with van der Waals surface area (Å²) in [4.78, 5) is 0. The summed E-state index contributed by atoms with van der Waals surface area (Å²) in [5, 5.41) is 10.9. The number of benzene rings is 3.